The van der Waals surface area contributed by atoms with E-state index in [0.717, 1.165) is 0 Å². The molecule has 6 nitrogen and oxygen atoms in total. The molecule has 0 radical (unpaired) electrons. The molecule has 0 saturated carbocycles. The van der Waals surface area contributed by atoms with Crippen molar-refractivity contribution in [3.63, 3.8) is 0 Å². The van der Waals surface area contributed by atoms with Gasteiger partial charge in [-0.1, -0.05) is 13.2 Å². The molecule has 0 atom stereocenters. The Bertz CT molecular complexity index is 472. The molecular formula is C11H13N3O3. The number of allylic oxidation sites excluding steroid dienone is 1. The molecule has 4 N–H and O–H groups in total. The smallest absolute Gasteiger partial charge is 0.354 e. The van der Waals surface area contributed by atoms with Gasteiger partial charge >= 0.3 is 5.97 Å². The Hall–Kier alpha value is -2.50. The molecule has 0 bridgehead atoms. The van der Waals surface area contributed by atoms with Crippen LogP contribution in [0.3, 0.4) is 0 Å². The molecule has 6 heteroatoms. The fourth-order valence-electron chi connectivity index (χ4n) is 1.08. The Morgan fingerprint density at radius 1 is 1.71 bits per heavy atom. The number of nitrogens with two attached hydrogens (primary N) is 1. The van der Waals surface area contributed by atoms with Crippen molar-refractivity contribution in [2.45, 2.75) is 0 Å². The SMILES string of the molecule is C=C/C(N)=C1/N=C(C(=O)O)C=C(C(=C)OC)N1. The third-order valence-corrected chi connectivity index (χ3v) is 2.03. The topological polar surface area (TPSA) is 96.9 Å². The van der Waals surface area contributed by atoms with E-state index in [1.807, 2.05) is 0 Å². The van der Waals surface area contributed by atoms with Crippen LogP contribution in [0, 0.1) is 0 Å². The van der Waals surface area contributed by atoms with Gasteiger partial charge in [0, 0.05) is 0 Å². The van der Waals surface area contributed by atoms with Crippen molar-refractivity contribution in [1.29, 1.82) is 0 Å². The van der Waals surface area contributed by atoms with E-state index in [-0.39, 0.29) is 23.0 Å². The van der Waals surface area contributed by atoms with Gasteiger partial charge in [-0.15, -0.1) is 0 Å². The molecule has 0 fully saturated rings. The Morgan fingerprint density at radius 3 is 2.82 bits per heavy atom. The Balaban J connectivity index is 3.23. The predicted molar refractivity (Wildman–Crippen MR) is 63.8 cm³/mol. The molecule has 0 aromatic rings. The molecule has 0 aliphatic carbocycles. The second-order valence-electron chi connectivity index (χ2n) is 3.12. The van der Waals surface area contributed by atoms with Gasteiger partial charge in [-0.3, -0.25) is 0 Å². The second-order valence-corrected chi connectivity index (χ2v) is 3.12. The summed E-state index contributed by atoms with van der Waals surface area (Å²) in [6, 6.07) is 0. The maximum atomic E-state index is 10.9. The average molecular weight is 235 g/mol. The van der Waals surface area contributed by atoms with Crippen LogP contribution < -0.4 is 11.1 Å². The molecule has 90 valence electrons. The predicted octanol–water partition coefficient (Wildman–Crippen LogP) is 0.473. The summed E-state index contributed by atoms with van der Waals surface area (Å²) in [5, 5.41) is 11.7. The van der Waals surface area contributed by atoms with Crippen LogP contribution in [0.25, 0.3) is 0 Å². The number of nitrogens with one attached hydrogen (secondary N) is 1. The largest absolute Gasteiger partial charge is 0.495 e. The van der Waals surface area contributed by atoms with Gasteiger partial charge in [0.2, 0.25) is 0 Å². The van der Waals surface area contributed by atoms with Crippen molar-refractivity contribution in [3.8, 4) is 0 Å². The lowest BCUT2D eigenvalue weighted by molar-refractivity contribution is -0.129. The number of rotatable bonds is 4. The number of carbonyl (C=O) groups is 1. The number of hydrogen-bond acceptors (Lipinski definition) is 5. The van der Waals surface area contributed by atoms with Crippen LogP contribution in [0.1, 0.15) is 0 Å². The third kappa shape index (κ3) is 2.75. The number of aliphatic carboxylic acids is 1. The Labute approximate surface area is 98.5 Å². The zero-order chi connectivity index (χ0) is 13.0. The summed E-state index contributed by atoms with van der Waals surface area (Å²) in [6.07, 6.45) is 2.68. The first-order valence-electron chi connectivity index (χ1n) is 4.65. The summed E-state index contributed by atoms with van der Waals surface area (Å²) < 4.78 is 4.92. The molecule has 17 heavy (non-hydrogen) atoms. The van der Waals surface area contributed by atoms with Crippen molar-refractivity contribution >= 4 is 11.7 Å². The number of ether oxygens (including phenoxy) is 1. The van der Waals surface area contributed by atoms with Crippen molar-refractivity contribution in [1.82, 2.24) is 5.32 Å². The van der Waals surface area contributed by atoms with Gasteiger partial charge in [0.05, 0.1) is 18.5 Å². The summed E-state index contributed by atoms with van der Waals surface area (Å²) in [5.41, 5.74) is 6.08. The van der Waals surface area contributed by atoms with E-state index < -0.39 is 5.97 Å². The first-order chi connectivity index (χ1) is 7.99. The summed E-state index contributed by atoms with van der Waals surface area (Å²) in [6.45, 7) is 7.10. The van der Waals surface area contributed by atoms with Crippen LogP contribution in [0.5, 0.6) is 0 Å². The second kappa shape index (κ2) is 5.02. The summed E-state index contributed by atoms with van der Waals surface area (Å²) >= 11 is 0. The molecule has 0 aromatic heterocycles. The average Bonchev–Trinajstić information content (AvgIpc) is 2.36. The highest BCUT2D eigenvalue weighted by molar-refractivity contribution is 6.41. The molecule has 0 amide bonds. The molecule has 1 aliphatic rings. The first kappa shape index (κ1) is 12.6. The zero-order valence-corrected chi connectivity index (χ0v) is 9.36. The van der Waals surface area contributed by atoms with E-state index in [4.69, 9.17) is 15.6 Å². The van der Waals surface area contributed by atoms with Crippen LogP contribution >= 0.6 is 0 Å². The van der Waals surface area contributed by atoms with Crippen LogP contribution in [-0.2, 0) is 9.53 Å². The lowest BCUT2D eigenvalue weighted by Gasteiger charge is -2.18. The quantitative estimate of drug-likeness (QED) is 0.615. The highest BCUT2D eigenvalue weighted by Crippen LogP contribution is 2.15. The van der Waals surface area contributed by atoms with E-state index in [1.54, 1.807) is 0 Å². The molecular weight excluding hydrogens is 222 g/mol. The van der Waals surface area contributed by atoms with E-state index >= 15 is 0 Å². The minimum Gasteiger partial charge on any atom is -0.495 e. The van der Waals surface area contributed by atoms with E-state index in [9.17, 15) is 4.79 Å². The fraction of sp³-hybridized carbons (Fsp3) is 0.0909. The number of nitrogens with zero attached hydrogens (tertiary/aromatic N) is 1. The highest BCUT2D eigenvalue weighted by atomic mass is 16.5. The van der Waals surface area contributed by atoms with Gasteiger partial charge in [-0.05, 0) is 12.2 Å². The van der Waals surface area contributed by atoms with Crippen LogP contribution in [0.2, 0.25) is 0 Å². The fourth-order valence-corrected chi connectivity index (χ4v) is 1.08. The molecule has 0 spiro atoms. The van der Waals surface area contributed by atoms with Crippen molar-refractivity contribution < 1.29 is 14.6 Å². The van der Waals surface area contributed by atoms with Gasteiger partial charge in [0.25, 0.3) is 0 Å². The molecule has 1 rings (SSSR count). The van der Waals surface area contributed by atoms with Crippen molar-refractivity contribution in [3.05, 3.63) is 48.3 Å². The number of carboxylic acid groups (broad SMARTS) is 1. The highest BCUT2D eigenvalue weighted by Gasteiger charge is 2.18. The van der Waals surface area contributed by atoms with E-state index in [1.165, 1.54) is 19.3 Å². The van der Waals surface area contributed by atoms with Crippen molar-refractivity contribution in [2.75, 3.05) is 7.11 Å². The van der Waals surface area contributed by atoms with E-state index in [2.05, 4.69) is 23.5 Å². The number of methoxy groups -OCH3 is 1. The lowest BCUT2D eigenvalue weighted by atomic mass is 10.2. The summed E-state index contributed by atoms with van der Waals surface area (Å²) in [4.78, 5) is 14.7. The number of carboxylic acids is 1. The Kier molecular flexibility index (Phi) is 3.71. The van der Waals surface area contributed by atoms with Gasteiger partial charge in [-0.2, -0.15) is 0 Å². The minimum atomic E-state index is -1.16. The van der Waals surface area contributed by atoms with Crippen LogP contribution in [-0.4, -0.2) is 23.9 Å². The van der Waals surface area contributed by atoms with Crippen LogP contribution in [0.15, 0.2) is 53.3 Å². The lowest BCUT2D eigenvalue weighted by Crippen LogP contribution is -2.26. The number of hydrogen-bond donors (Lipinski definition) is 3. The molecule has 1 heterocycles. The summed E-state index contributed by atoms with van der Waals surface area (Å²) in [5.74, 6) is -0.677. The Morgan fingerprint density at radius 2 is 2.35 bits per heavy atom. The van der Waals surface area contributed by atoms with Crippen LogP contribution in [0.4, 0.5) is 0 Å². The first-order valence-corrected chi connectivity index (χ1v) is 4.65. The van der Waals surface area contributed by atoms with Gasteiger partial charge in [0.15, 0.2) is 11.5 Å². The normalized spacial score (nSPS) is 17.2. The molecule has 0 unspecified atom stereocenters. The van der Waals surface area contributed by atoms with Gasteiger partial charge in [0.1, 0.15) is 5.76 Å². The maximum absolute atomic E-state index is 10.9. The maximum Gasteiger partial charge on any atom is 0.354 e. The van der Waals surface area contributed by atoms with Gasteiger partial charge in [-0.25, -0.2) is 9.79 Å². The summed E-state index contributed by atoms with van der Waals surface area (Å²) in [7, 11) is 1.43. The number of aliphatic imine (C=N–C) groups is 1. The van der Waals surface area contributed by atoms with Crippen molar-refractivity contribution in [2.24, 2.45) is 10.7 Å². The van der Waals surface area contributed by atoms with E-state index in [0.29, 0.717) is 5.70 Å². The monoisotopic (exact) mass is 235 g/mol. The molecule has 1 aliphatic heterocycles. The molecule has 0 aromatic carbocycles. The molecule has 0 saturated heterocycles. The minimum absolute atomic E-state index is 0.156. The third-order valence-electron chi connectivity index (χ3n) is 2.03. The zero-order valence-electron chi connectivity index (χ0n) is 9.36. The van der Waals surface area contributed by atoms with Gasteiger partial charge < -0.3 is 20.9 Å². The standard InChI is InChI=1S/C11H13N3O3/c1-4-7(12)10-13-8(6(2)17-3)5-9(14-10)11(15)16/h4-5,13H,1-2,12H2,3H3,(H,15,16)/b10-7-.